The summed E-state index contributed by atoms with van der Waals surface area (Å²) in [5, 5.41) is 6.60. The van der Waals surface area contributed by atoms with Crippen LogP contribution in [0.1, 0.15) is 16.7 Å². The highest BCUT2D eigenvalue weighted by atomic mass is 127. The lowest BCUT2D eigenvalue weighted by Gasteiger charge is -2.15. The van der Waals surface area contributed by atoms with E-state index in [0.29, 0.717) is 24.8 Å². The van der Waals surface area contributed by atoms with Gasteiger partial charge in [-0.2, -0.15) is 0 Å². The number of para-hydroxylation sites is 1. The molecule has 3 aromatic rings. The van der Waals surface area contributed by atoms with E-state index in [-0.39, 0.29) is 30.6 Å². The Balaban J connectivity index is 0.00000385. The van der Waals surface area contributed by atoms with E-state index in [1.165, 1.54) is 0 Å². The SMILES string of the molecule is CN=C(NCc1cccc(OCC(N)=O)c1)NCc1ccc(C)cc1Oc1ccccc1.I. The molecule has 0 aliphatic rings. The van der Waals surface area contributed by atoms with Crippen molar-refractivity contribution in [3.63, 3.8) is 0 Å². The van der Waals surface area contributed by atoms with Gasteiger partial charge in [0.15, 0.2) is 12.6 Å². The predicted molar refractivity (Wildman–Crippen MR) is 141 cm³/mol. The number of hydrogen-bond donors (Lipinski definition) is 3. The first-order valence-electron chi connectivity index (χ1n) is 10.3. The summed E-state index contributed by atoms with van der Waals surface area (Å²) in [6.45, 7) is 2.97. The van der Waals surface area contributed by atoms with Crippen molar-refractivity contribution in [2.24, 2.45) is 10.7 Å². The number of rotatable bonds is 9. The minimum Gasteiger partial charge on any atom is -0.484 e. The molecule has 7 nitrogen and oxygen atoms in total. The van der Waals surface area contributed by atoms with E-state index in [9.17, 15) is 4.79 Å². The molecule has 33 heavy (non-hydrogen) atoms. The lowest BCUT2D eigenvalue weighted by molar-refractivity contribution is -0.119. The molecule has 3 rings (SSSR count). The minimum absolute atomic E-state index is 0. The van der Waals surface area contributed by atoms with E-state index >= 15 is 0 Å². The summed E-state index contributed by atoms with van der Waals surface area (Å²) >= 11 is 0. The third-order valence-electron chi connectivity index (χ3n) is 4.60. The Morgan fingerprint density at radius 1 is 0.939 bits per heavy atom. The molecule has 1 amide bonds. The first-order chi connectivity index (χ1) is 15.5. The molecule has 4 N–H and O–H groups in total. The fourth-order valence-electron chi connectivity index (χ4n) is 3.00. The molecular formula is C25H29IN4O3. The maximum atomic E-state index is 10.9. The number of primary amides is 1. The molecule has 0 spiro atoms. The summed E-state index contributed by atoms with van der Waals surface area (Å²) in [6.07, 6.45) is 0. The highest BCUT2D eigenvalue weighted by molar-refractivity contribution is 14.0. The Morgan fingerprint density at radius 3 is 2.39 bits per heavy atom. The average molecular weight is 560 g/mol. The number of amides is 1. The second kappa shape index (κ2) is 13.3. The van der Waals surface area contributed by atoms with Crippen molar-refractivity contribution in [3.8, 4) is 17.2 Å². The largest absolute Gasteiger partial charge is 0.484 e. The molecule has 3 aromatic carbocycles. The number of carbonyl (C=O) groups is 1. The first kappa shape index (κ1) is 26.0. The van der Waals surface area contributed by atoms with Gasteiger partial charge in [-0.3, -0.25) is 9.79 Å². The summed E-state index contributed by atoms with van der Waals surface area (Å²) in [6, 6.07) is 23.3. The molecule has 0 atom stereocenters. The van der Waals surface area contributed by atoms with E-state index < -0.39 is 5.91 Å². The Kier molecular flexibility index (Phi) is 10.5. The molecule has 0 bridgehead atoms. The number of benzene rings is 3. The first-order valence-corrected chi connectivity index (χ1v) is 10.3. The minimum atomic E-state index is -0.509. The second-order valence-electron chi connectivity index (χ2n) is 7.21. The van der Waals surface area contributed by atoms with Gasteiger partial charge < -0.3 is 25.8 Å². The van der Waals surface area contributed by atoms with Crippen molar-refractivity contribution < 1.29 is 14.3 Å². The van der Waals surface area contributed by atoms with Crippen LogP contribution < -0.4 is 25.8 Å². The molecule has 0 fully saturated rings. The normalized spacial score (nSPS) is 10.7. The Labute approximate surface area is 211 Å². The highest BCUT2D eigenvalue weighted by Crippen LogP contribution is 2.26. The molecule has 0 heterocycles. The molecule has 0 saturated carbocycles. The Bertz CT molecular complexity index is 1070. The lowest BCUT2D eigenvalue weighted by atomic mass is 10.1. The van der Waals surface area contributed by atoms with E-state index in [4.69, 9.17) is 15.2 Å². The van der Waals surface area contributed by atoms with Crippen LogP contribution in [0.3, 0.4) is 0 Å². The van der Waals surface area contributed by atoms with Crippen LogP contribution >= 0.6 is 24.0 Å². The van der Waals surface area contributed by atoms with Crippen LogP contribution in [-0.2, 0) is 17.9 Å². The van der Waals surface area contributed by atoms with Crippen LogP contribution in [0.5, 0.6) is 17.2 Å². The zero-order chi connectivity index (χ0) is 22.8. The van der Waals surface area contributed by atoms with Gasteiger partial charge in [-0.25, -0.2) is 0 Å². The zero-order valence-corrected chi connectivity index (χ0v) is 21.0. The fraction of sp³-hybridized carbons (Fsp3) is 0.200. The van der Waals surface area contributed by atoms with Gasteiger partial charge in [-0.15, -0.1) is 24.0 Å². The van der Waals surface area contributed by atoms with Crippen LogP contribution in [0, 0.1) is 6.92 Å². The van der Waals surface area contributed by atoms with E-state index in [0.717, 1.165) is 28.2 Å². The molecule has 174 valence electrons. The van der Waals surface area contributed by atoms with Crippen LogP contribution in [0.25, 0.3) is 0 Å². The summed E-state index contributed by atoms with van der Waals surface area (Å²) < 4.78 is 11.4. The molecular weight excluding hydrogens is 531 g/mol. The lowest BCUT2D eigenvalue weighted by Crippen LogP contribution is -2.36. The van der Waals surface area contributed by atoms with E-state index in [2.05, 4.69) is 21.7 Å². The third kappa shape index (κ3) is 8.64. The van der Waals surface area contributed by atoms with Crippen molar-refractivity contribution in [1.29, 1.82) is 0 Å². The van der Waals surface area contributed by atoms with Crippen molar-refractivity contribution in [3.05, 3.63) is 89.5 Å². The molecule has 8 heteroatoms. The summed E-state index contributed by atoms with van der Waals surface area (Å²) in [4.78, 5) is 15.2. The summed E-state index contributed by atoms with van der Waals surface area (Å²) in [5.41, 5.74) is 8.26. The van der Waals surface area contributed by atoms with Gasteiger partial charge in [0.25, 0.3) is 5.91 Å². The molecule has 0 aliphatic carbocycles. The van der Waals surface area contributed by atoms with Crippen LogP contribution in [0.4, 0.5) is 0 Å². The quantitative estimate of drug-likeness (QED) is 0.208. The number of ether oxygens (including phenoxy) is 2. The maximum Gasteiger partial charge on any atom is 0.255 e. The fourth-order valence-corrected chi connectivity index (χ4v) is 3.00. The molecule has 0 saturated heterocycles. The van der Waals surface area contributed by atoms with Crippen LogP contribution in [-0.4, -0.2) is 25.5 Å². The van der Waals surface area contributed by atoms with Gasteiger partial charge >= 0.3 is 0 Å². The number of halogens is 1. The number of aryl methyl sites for hydroxylation is 1. The molecule has 0 unspecified atom stereocenters. The topological polar surface area (TPSA) is 98.0 Å². The van der Waals surface area contributed by atoms with Crippen molar-refractivity contribution in [2.45, 2.75) is 20.0 Å². The number of carbonyl (C=O) groups excluding carboxylic acids is 1. The highest BCUT2D eigenvalue weighted by Gasteiger charge is 2.08. The average Bonchev–Trinajstić information content (AvgIpc) is 2.80. The van der Waals surface area contributed by atoms with Crippen molar-refractivity contribution in [2.75, 3.05) is 13.7 Å². The van der Waals surface area contributed by atoms with Crippen LogP contribution in [0.15, 0.2) is 77.8 Å². The van der Waals surface area contributed by atoms with E-state index in [1.807, 2.05) is 67.6 Å². The zero-order valence-electron chi connectivity index (χ0n) is 18.7. The predicted octanol–water partition coefficient (Wildman–Crippen LogP) is 4.13. The van der Waals surface area contributed by atoms with Crippen molar-refractivity contribution >= 4 is 35.8 Å². The van der Waals surface area contributed by atoms with Gasteiger partial charge in [0.2, 0.25) is 0 Å². The third-order valence-corrected chi connectivity index (χ3v) is 4.60. The van der Waals surface area contributed by atoms with Gasteiger partial charge in [-0.1, -0.05) is 42.5 Å². The monoisotopic (exact) mass is 560 g/mol. The number of aliphatic imine (C=N–C) groups is 1. The van der Waals surface area contributed by atoms with Gasteiger partial charge in [0, 0.05) is 25.7 Å². The molecule has 0 radical (unpaired) electrons. The molecule has 0 aliphatic heterocycles. The summed E-state index contributed by atoms with van der Waals surface area (Å²) in [5.74, 6) is 2.33. The number of hydrogen-bond acceptors (Lipinski definition) is 4. The van der Waals surface area contributed by atoms with Gasteiger partial charge in [0.05, 0.1) is 0 Å². The van der Waals surface area contributed by atoms with Crippen LogP contribution in [0.2, 0.25) is 0 Å². The molecule has 0 aromatic heterocycles. The maximum absolute atomic E-state index is 10.9. The van der Waals surface area contributed by atoms with E-state index in [1.54, 1.807) is 13.1 Å². The van der Waals surface area contributed by atoms with Gasteiger partial charge in [-0.05, 0) is 48.4 Å². The number of nitrogens with two attached hydrogens (primary N) is 1. The number of nitrogens with one attached hydrogen (secondary N) is 2. The summed E-state index contributed by atoms with van der Waals surface area (Å²) in [7, 11) is 1.72. The van der Waals surface area contributed by atoms with Crippen molar-refractivity contribution in [1.82, 2.24) is 10.6 Å². The Morgan fingerprint density at radius 2 is 1.67 bits per heavy atom. The van der Waals surface area contributed by atoms with Gasteiger partial charge in [0.1, 0.15) is 17.2 Å². The standard InChI is InChI=1S/C25H28N4O3.HI/c1-18-11-12-20(23(13-18)32-21-8-4-3-5-9-21)16-29-25(27-2)28-15-19-7-6-10-22(14-19)31-17-24(26)30;/h3-14H,15-17H2,1-2H3,(H2,26,30)(H2,27,28,29);1H. The number of guanidine groups is 1. The smallest absolute Gasteiger partial charge is 0.255 e. The Hall–Kier alpha value is -3.27. The number of nitrogens with zero attached hydrogens (tertiary/aromatic N) is 1. The second-order valence-corrected chi connectivity index (χ2v) is 7.21.